The molecule has 1 unspecified atom stereocenters. The van der Waals surface area contributed by atoms with E-state index in [-0.39, 0.29) is 11.9 Å². The summed E-state index contributed by atoms with van der Waals surface area (Å²) in [6, 6.07) is 6.02. The fourth-order valence-electron chi connectivity index (χ4n) is 1.45. The van der Waals surface area contributed by atoms with Gasteiger partial charge < -0.3 is 5.32 Å². The second-order valence-corrected chi connectivity index (χ2v) is 4.55. The van der Waals surface area contributed by atoms with Gasteiger partial charge in [-0.05, 0) is 32.9 Å². The molecule has 1 atom stereocenters. The summed E-state index contributed by atoms with van der Waals surface area (Å²) < 4.78 is 0. The number of nitrogens with one attached hydrogen (secondary N) is 1. The molecule has 82 valence electrons. The van der Waals surface area contributed by atoms with E-state index in [0.29, 0.717) is 0 Å². The van der Waals surface area contributed by atoms with Crippen LogP contribution in [0.1, 0.15) is 28.4 Å². The van der Waals surface area contributed by atoms with Crippen LogP contribution in [0.4, 0.5) is 0 Å². The van der Waals surface area contributed by atoms with E-state index in [2.05, 4.69) is 27.3 Å². The van der Waals surface area contributed by atoms with Crippen LogP contribution >= 0.6 is 15.9 Å². The van der Waals surface area contributed by atoms with E-state index >= 15 is 0 Å². The Labute approximate surface area is 99.2 Å². The third kappa shape index (κ3) is 3.67. The van der Waals surface area contributed by atoms with Gasteiger partial charge in [0.25, 0.3) is 5.91 Å². The third-order valence-electron chi connectivity index (χ3n) is 2.09. The molecule has 0 aliphatic rings. The van der Waals surface area contributed by atoms with Crippen LogP contribution < -0.4 is 5.32 Å². The maximum atomic E-state index is 11.8. The molecule has 1 aromatic rings. The minimum atomic E-state index is -0.00579. The van der Waals surface area contributed by atoms with Crippen molar-refractivity contribution in [3.8, 4) is 0 Å². The molecule has 1 rings (SSSR count). The Kier molecular flexibility index (Phi) is 4.33. The Balaban J connectivity index is 2.82. The Morgan fingerprint density at radius 3 is 2.33 bits per heavy atom. The first kappa shape index (κ1) is 12.2. The number of alkyl halides is 1. The molecule has 1 N–H and O–H groups in total. The van der Waals surface area contributed by atoms with Crippen LogP contribution in [-0.2, 0) is 0 Å². The van der Waals surface area contributed by atoms with E-state index in [1.165, 1.54) is 0 Å². The minimum absolute atomic E-state index is 0.00579. The Bertz CT molecular complexity index is 342. The largest absolute Gasteiger partial charge is 0.349 e. The monoisotopic (exact) mass is 269 g/mol. The molecule has 0 radical (unpaired) electrons. The second-order valence-electron chi connectivity index (χ2n) is 3.91. The molecule has 1 aromatic carbocycles. The van der Waals surface area contributed by atoms with Crippen LogP contribution in [0.25, 0.3) is 0 Å². The zero-order valence-corrected chi connectivity index (χ0v) is 10.9. The van der Waals surface area contributed by atoms with Crippen molar-refractivity contribution in [3.63, 3.8) is 0 Å². The van der Waals surface area contributed by atoms with E-state index in [1.807, 2.05) is 32.9 Å². The molecule has 0 aliphatic carbocycles. The highest BCUT2D eigenvalue weighted by Crippen LogP contribution is 2.09. The molecule has 2 nitrogen and oxygen atoms in total. The second kappa shape index (κ2) is 5.31. The van der Waals surface area contributed by atoms with Crippen LogP contribution in [0.5, 0.6) is 0 Å². The van der Waals surface area contributed by atoms with Crippen LogP contribution in [0, 0.1) is 13.8 Å². The van der Waals surface area contributed by atoms with Crippen molar-refractivity contribution in [1.82, 2.24) is 5.32 Å². The van der Waals surface area contributed by atoms with Crippen LogP contribution in [0.15, 0.2) is 18.2 Å². The molecular weight excluding hydrogens is 254 g/mol. The average Bonchev–Trinajstić information content (AvgIpc) is 2.16. The summed E-state index contributed by atoms with van der Waals surface area (Å²) in [5.41, 5.74) is 2.97. The predicted octanol–water partition coefficient (Wildman–Crippen LogP) is 2.82. The van der Waals surface area contributed by atoms with Gasteiger partial charge in [-0.3, -0.25) is 4.79 Å². The third-order valence-corrected chi connectivity index (χ3v) is 3.06. The fraction of sp³-hybridized carbons (Fsp3) is 0.417. The smallest absolute Gasteiger partial charge is 0.251 e. The molecule has 0 aliphatic heterocycles. The molecule has 1 amide bonds. The molecule has 0 aromatic heterocycles. The van der Waals surface area contributed by atoms with E-state index in [4.69, 9.17) is 0 Å². The number of rotatable bonds is 3. The minimum Gasteiger partial charge on any atom is -0.349 e. The Morgan fingerprint density at radius 1 is 1.33 bits per heavy atom. The van der Waals surface area contributed by atoms with Crippen LogP contribution in [0.2, 0.25) is 0 Å². The van der Waals surface area contributed by atoms with Crippen molar-refractivity contribution in [1.29, 1.82) is 0 Å². The number of amides is 1. The molecule has 0 saturated heterocycles. The number of carbonyl (C=O) groups excluding carboxylic acids is 1. The number of aryl methyl sites for hydroxylation is 2. The summed E-state index contributed by atoms with van der Waals surface area (Å²) in [7, 11) is 0. The lowest BCUT2D eigenvalue weighted by Crippen LogP contribution is -2.33. The SMILES string of the molecule is Cc1cc(C)cc(C(=O)NC(C)CBr)c1. The highest BCUT2D eigenvalue weighted by molar-refractivity contribution is 9.09. The van der Waals surface area contributed by atoms with Crippen molar-refractivity contribution in [2.75, 3.05) is 5.33 Å². The summed E-state index contributed by atoms with van der Waals surface area (Å²) in [6.45, 7) is 5.96. The molecule has 3 heteroatoms. The number of hydrogen-bond acceptors (Lipinski definition) is 1. The number of halogens is 1. The summed E-state index contributed by atoms with van der Waals surface area (Å²) >= 11 is 3.33. The normalized spacial score (nSPS) is 12.3. The molecule has 0 spiro atoms. The van der Waals surface area contributed by atoms with Gasteiger partial charge >= 0.3 is 0 Å². The van der Waals surface area contributed by atoms with Crippen molar-refractivity contribution >= 4 is 21.8 Å². The molecule has 15 heavy (non-hydrogen) atoms. The highest BCUT2D eigenvalue weighted by Gasteiger charge is 2.09. The van der Waals surface area contributed by atoms with E-state index in [0.717, 1.165) is 22.0 Å². The summed E-state index contributed by atoms with van der Waals surface area (Å²) in [5, 5.41) is 3.68. The van der Waals surface area contributed by atoms with Gasteiger partial charge in [0, 0.05) is 16.9 Å². The van der Waals surface area contributed by atoms with Gasteiger partial charge in [0.05, 0.1) is 0 Å². The van der Waals surface area contributed by atoms with E-state index in [9.17, 15) is 4.79 Å². The number of carbonyl (C=O) groups is 1. The standard InChI is InChI=1S/C12H16BrNO/c1-8-4-9(2)6-11(5-8)12(15)14-10(3)7-13/h4-6,10H,7H2,1-3H3,(H,14,15). The molecular formula is C12H16BrNO. The number of benzene rings is 1. The summed E-state index contributed by atoms with van der Waals surface area (Å²) in [6.07, 6.45) is 0. The first-order valence-corrected chi connectivity index (χ1v) is 6.10. The Hall–Kier alpha value is -0.830. The zero-order chi connectivity index (χ0) is 11.4. The van der Waals surface area contributed by atoms with Gasteiger partial charge in [-0.2, -0.15) is 0 Å². The van der Waals surface area contributed by atoms with Gasteiger partial charge in [-0.25, -0.2) is 0 Å². The first-order valence-electron chi connectivity index (χ1n) is 4.98. The van der Waals surface area contributed by atoms with Crippen molar-refractivity contribution < 1.29 is 4.79 Å². The van der Waals surface area contributed by atoms with Crippen LogP contribution in [0.3, 0.4) is 0 Å². The predicted molar refractivity (Wildman–Crippen MR) is 66.6 cm³/mol. The average molecular weight is 270 g/mol. The lowest BCUT2D eigenvalue weighted by molar-refractivity contribution is 0.0944. The van der Waals surface area contributed by atoms with E-state index in [1.54, 1.807) is 0 Å². The van der Waals surface area contributed by atoms with Crippen molar-refractivity contribution in [3.05, 3.63) is 34.9 Å². The van der Waals surface area contributed by atoms with Gasteiger partial charge in [0.15, 0.2) is 0 Å². The first-order chi connectivity index (χ1) is 7.02. The van der Waals surface area contributed by atoms with Gasteiger partial charge in [-0.15, -0.1) is 0 Å². The maximum absolute atomic E-state index is 11.8. The van der Waals surface area contributed by atoms with Gasteiger partial charge in [-0.1, -0.05) is 33.1 Å². The topological polar surface area (TPSA) is 29.1 Å². The summed E-state index contributed by atoms with van der Waals surface area (Å²) in [4.78, 5) is 11.8. The van der Waals surface area contributed by atoms with Gasteiger partial charge in [0.1, 0.15) is 0 Å². The van der Waals surface area contributed by atoms with Gasteiger partial charge in [0.2, 0.25) is 0 Å². The molecule has 0 fully saturated rings. The molecule has 0 saturated carbocycles. The van der Waals surface area contributed by atoms with Crippen molar-refractivity contribution in [2.24, 2.45) is 0 Å². The highest BCUT2D eigenvalue weighted by atomic mass is 79.9. The zero-order valence-electron chi connectivity index (χ0n) is 9.30. The lowest BCUT2D eigenvalue weighted by atomic mass is 10.1. The summed E-state index contributed by atoms with van der Waals surface area (Å²) in [5.74, 6) is -0.00579. The Morgan fingerprint density at radius 2 is 1.87 bits per heavy atom. The van der Waals surface area contributed by atoms with Crippen molar-refractivity contribution in [2.45, 2.75) is 26.8 Å². The number of hydrogen-bond donors (Lipinski definition) is 1. The molecule has 0 bridgehead atoms. The fourth-order valence-corrected chi connectivity index (χ4v) is 1.61. The lowest BCUT2D eigenvalue weighted by Gasteiger charge is -2.11. The van der Waals surface area contributed by atoms with E-state index < -0.39 is 0 Å². The molecule has 0 heterocycles. The quantitative estimate of drug-likeness (QED) is 0.841. The maximum Gasteiger partial charge on any atom is 0.251 e. The van der Waals surface area contributed by atoms with Crippen LogP contribution in [-0.4, -0.2) is 17.3 Å².